The standard InChI is InChI=1S/C26H33N3O4Si/c1-18-17-29(25(31)28-24(18)30)23-15-21(22(16-27)32-23)33-34(26(2,3)4,19-11-7-5-8-12-19)20-13-9-6-10-14-20/h5-14,17,21-23H,15-16,27H2,1-4H3,(H,28,30,31)/t21?,22-,23?/m1/s1. The number of aryl methyl sites for hydroxylation is 1. The monoisotopic (exact) mass is 479 g/mol. The number of hydrogen-bond acceptors (Lipinski definition) is 5. The van der Waals surface area contributed by atoms with Gasteiger partial charge in [-0.05, 0) is 22.3 Å². The zero-order valence-electron chi connectivity index (χ0n) is 20.2. The Bertz CT molecular complexity index is 1200. The van der Waals surface area contributed by atoms with Gasteiger partial charge in [-0.1, -0.05) is 81.4 Å². The Balaban J connectivity index is 1.79. The van der Waals surface area contributed by atoms with Crippen LogP contribution in [-0.4, -0.2) is 36.6 Å². The van der Waals surface area contributed by atoms with E-state index in [4.69, 9.17) is 14.9 Å². The summed E-state index contributed by atoms with van der Waals surface area (Å²) >= 11 is 0. The zero-order chi connectivity index (χ0) is 24.5. The molecule has 34 heavy (non-hydrogen) atoms. The number of ether oxygens (including phenoxy) is 1. The van der Waals surface area contributed by atoms with E-state index in [0.29, 0.717) is 12.0 Å². The first-order valence-corrected chi connectivity index (χ1v) is 13.5. The molecule has 0 bridgehead atoms. The van der Waals surface area contributed by atoms with Gasteiger partial charge in [-0.2, -0.15) is 0 Å². The van der Waals surface area contributed by atoms with E-state index in [9.17, 15) is 9.59 Å². The summed E-state index contributed by atoms with van der Waals surface area (Å²) in [7, 11) is -2.82. The highest BCUT2D eigenvalue weighted by Crippen LogP contribution is 2.40. The summed E-state index contributed by atoms with van der Waals surface area (Å²) in [4.78, 5) is 26.8. The number of nitrogens with two attached hydrogens (primary N) is 1. The molecular formula is C26H33N3O4Si. The number of aromatic amines is 1. The van der Waals surface area contributed by atoms with Gasteiger partial charge in [0.1, 0.15) is 6.23 Å². The van der Waals surface area contributed by atoms with Crippen LogP contribution in [0.4, 0.5) is 0 Å². The van der Waals surface area contributed by atoms with Crippen LogP contribution >= 0.6 is 0 Å². The molecule has 1 aliphatic heterocycles. The minimum Gasteiger partial charge on any atom is -0.402 e. The van der Waals surface area contributed by atoms with Crippen molar-refractivity contribution in [2.75, 3.05) is 6.54 Å². The fourth-order valence-electron chi connectivity index (χ4n) is 4.92. The van der Waals surface area contributed by atoms with Gasteiger partial charge in [-0.15, -0.1) is 0 Å². The lowest BCUT2D eigenvalue weighted by Crippen LogP contribution is -2.68. The van der Waals surface area contributed by atoms with Crippen LogP contribution in [0, 0.1) is 6.92 Å². The molecule has 4 rings (SSSR count). The molecule has 1 aliphatic rings. The number of benzene rings is 2. The quantitative estimate of drug-likeness (QED) is 0.527. The highest BCUT2D eigenvalue weighted by atomic mass is 28.4. The van der Waals surface area contributed by atoms with Gasteiger partial charge in [0.2, 0.25) is 0 Å². The van der Waals surface area contributed by atoms with Gasteiger partial charge in [-0.3, -0.25) is 14.3 Å². The van der Waals surface area contributed by atoms with E-state index in [1.54, 1.807) is 13.1 Å². The van der Waals surface area contributed by atoms with Crippen LogP contribution in [0.25, 0.3) is 0 Å². The summed E-state index contributed by atoms with van der Waals surface area (Å²) < 4.78 is 14.9. The molecular weight excluding hydrogens is 446 g/mol. The van der Waals surface area contributed by atoms with Gasteiger partial charge in [0.25, 0.3) is 13.9 Å². The van der Waals surface area contributed by atoms with Crippen molar-refractivity contribution in [1.82, 2.24) is 9.55 Å². The number of hydrogen-bond donors (Lipinski definition) is 2. The summed E-state index contributed by atoms with van der Waals surface area (Å²) in [5.74, 6) is 0. The fourth-order valence-corrected chi connectivity index (χ4v) is 9.64. The molecule has 3 aromatic rings. The first-order chi connectivity index (χ1) is 16.2. The van der Waals surface area contributed by atoms with Crippen molar-refractivity contribution in [2.45, 2.75) is 57.6 Å². The molecule has 2 heterocycles. The Labute approximate surface area is 200 Å². The van der Waals surface area contributed by atoms with Crippen molar-refractivity contribution in [2.24, 2.45) is 5.73 Å². The molecule has 1 aromatic heterocycles. The average molecular weight is 480 g/mol. The lowest BCUT2D eigenvalue weighted by molar-refractivity contribution is -0.0128. The minimum atomic E-state index is -2.82. The normalized spacial score (nSPS) is 21.0. The molecule has 8 heteroatoms. The summed E-state index contributed by atoms with van der Waals surface area (Å²) in [6.07, 6.45) is 0.730. The van der Waals surface area contributed by atoms with E-state index in [1.807, 2.05) is 36.4 Å². The van der Waals surface area contributed by atoms with Gasteiger partial charge < -0.3 is 14.9 Å². The third-order valence-electron chi connectivity index (χ3n) is 6.61. The molecule has 3 N–H and O–H groups in total. The van der Waals surface area contributed by atoms with Crippen molar-refractivity contribution in [3.05, 3.63) is 93.3 Å². The van der Waals surface area contributed by atoms with E-state index in [-0.39, 0.29) is 23.8 Å². The smallest absolute Gasteiger partial charge is 0.330 e. The second-order valence-corrected chi connectivity index (χ2v) is 14.2. The Hall–Kier alpha value is -2.78. The molecule has 7 nitrogen and oxygen atoms in total. The van der Waals surface area contributed by atoms with Crippen LogP contribution in [0.1, 0.15) is 39.0 Å². The fraction of sp³-hybridized carbons (Fsp3) is 0.385. The van der Waals surface area contributed by atoms with Crippen molar-refractivity contribution in [3.8, 4) is 0 Å². The summed E-state index contributed by atoms with van der Waals surface area (Å²) in [5.41, 5.74) is 5.68. The largest absolute Gasteiger partial charge is 0.402 e. The Kier molecular flexibility index (Phi) is 6.77. The maximum absolute atomic E-state index is 12.5. The van der Waals surface area contributed by atoms with Gasteiger partial charge in [0.05, 0.1) is 12.2 Å². The van der Waals surface area contributed by atoms with Crippen LogP contribution in [-0.2, 0) is 9.16 Å². The van der Waals surface area contributed by atoms with Crippen LogP contribution in [0.15, 0.2) is 76.4 Å². The van der Waals surface area contributed by atoms with Crippen molar-refractivity contribution >= 4 is 18.7 Å². The van der Waals surface area contributed by atoms with Crippen molar-refractivity contribution in [3.63, 3.8) is 0 Å². The maximum Gasteiger partial charge on any atom is 0.330 e. The third-order valence-corrected chi connectivity index (χ3v) is 11.7. The average Bonchev–Trinajstić information content (AvgIpc) is 3.22. The molecule has 0 amide bonds. The summed E-state index contributed by atoms with van der Waals surface area (Å²) in [6.45, 7) is 8.59. The van der Waals surface area contributed by atoms with Crippen LogP contribution in [0.3, 0.4) is 0 Å². The Morgan fingerprint density at radius 2 is 1.62 bits per heavy atom. The van der Waals surface area contributed by atoms with Gasteiger partial charge in [-0.25, -0.2) is 4.79 Å². The molecule has 0 radical (unpaired) electrons. The van der Waals surface area contributed by atoms with E-state index in [0.717, 1.165) is 0 Å². The zero-order valence-corrected chi connectivity index (χ0v) is 21.2. The van der Waals surface area contributed by atoms with Crippen molar-refractivity contribution < 1.29 is 9.16 Å². The Morgan fingerprint density at radius 1 is 1.06 bits per heavy atom. The summed E-state index contributed by atoms with van der Waals surface area (Å²) in [6, 6.07) is 20.8. The predicted octanol–water partition coefficient (Wildman–Crippen LogP) is 2.04. The minimum absolute atomic E-state index is 0.196. The van der Waals surface area contributed by atoms with Gasteiger partial charge >= 0.3 is 5.69 Å². The number of nitrogens with one attached hydrogen (secondary N) is 1. The molecule has 0 saturated carbocycles. The third kappa shape index (κ3) is 4.34. The van der Waals surface area contributed by atoms with Gasteiger partial charge in [0.15, 0.2) is 0 Å². The molecule has 180 valence electrons. The highest BCUT2D eigenvalue weighted by molar-refractivity contribution is 6.99. The van der Waals surface area contributed by atoms with E-state index in [1.165, 1.54) is 14.9 Å². The molecule has 2 aromatic carbocycles. The van der Waals surface area contributed by atoms with Crippen LogP contribution < -0.4 is 27.4 Å². The van der Waals surface area contributed by atoms with E-state index in [2.05, 4.69) is 50.0 Å². The van der Waals surface area contributed by atoms with E-state index < -0.39 is 25.8 Å². The lowest BCUT2D eigenvalue weighted by atomic mass is 10.2. The first-order valence-electron chi connectivity index (χ1n) is 11.6. The Morgan fingerprint density at radius 3 is 2.12 bits per heavy atom. The second kappa shape index (κ2) is 9.46. The van der Waals surface area contributed by atoms with Crippen molar-refractivity contribution in [1.29, 1.82) is 0 Å². The van der Waals surface area contributed by atoms with Crippen LogP contribution in [0.5, 0.6) is 0 Å². The van der Waals surface area contributed by atoms with Gasteiger partial charge in [0, 0.05) is 24.7 Å². The summed E-state index contributed by atoms with van der Waals surface area (Å²) in [5, 5.41) is 2.15. The molecule has 3 atom stereocenters. The SMILES string of the molecule is Cc1cn(C2CC(O[Si](c3ccccc3)(c3ccccc3)C(C)(C)C)[C@@H](CN)O2)c(=O)[nH]c1=O. The topological polar surface area (TPSA) is 99.3 Å². The highest BCUT2D eigenvalue weighted by Gasteiger charge is 2.53. The maximum atomic E-state index is 12.5. The lowest BCUT2D eigenvalue weighted by Gasteiger charge is -2.45. The molecule has 0 spiro atoms. The number of H-pyrrole nitrogens is 1. The molecule has 1 fully saturated rings. The second-order valence-electron chi connectivity index (χ2n) is 9.90. The van der Waals surface area contributed by atoms with E-state index >= 15 is 0 Å². The van der Waals surface area contributed by atoms with Crippen LogP contribution in [0.2, 0.25) is 5.04 Å². The number of nitrogens with zero attached hydrogens (tertiary/aromatic N) is 1. The molecule has 2 unspecified atom stereocenters. The molecule has 0 aliphatic carbocycles. The number of aromatic nitrogens is 2. The molecule has 1 saturated heterocycles. The first kappa shape index (κ1) is 24.3. The predicted molar refractivity (Wildman–Crippen MR) is 136 cm³/mol. The number of rotatable bonds is 6.